The molecule has 0 saturated heterocycles. The molecule has 0 radical (unpaired) electrons. The van der Waals surface area contributed by atoms with Crippen LogP contribution in [0, 0.1) is 0 Å². The van der Waals surface area contributed by atoms with Crippen LogP contribution in [0.5, 0.6) is 5.75 Å². The van der Waals surface area contributed by atoms with E-state index in [0.29, 0.717) is 11.3 Å². The molecule has 0 fully saturated rings. The second kappa shape index (κ2) is 5.86. The van der Waals surface area contributed by atoms with E-state index in [1.807, 2.05) is 0 Å². The van der Waals surface area contributed by atoms with Crippen LogP contribution in [0.15, 0.2) is 27.8 Å². The van der Waals surface area contributed by atoms with E-state index >= 15 is 0 Å². The van der Waals surface area contributed by atoms with E-state index < -0.39 is 5.97 Å². The lowest BCUT2D eigenvalue weighted by atomic mass is 10.2. The van der Waals surface area contributed by atoms with Crippen molar-refractivity contribution >= 4 is 38.7 Å². The number of carbonyl (C=O) groups is 1. The van der Waals surface area contributed by atoms with Gasteiger partial charge in [0.05, 0.1) is 5.56 Å². The second-order valence-corrected chi connectivity index (χ2v) is 4.07. The number of oxime groups is 1. The van der Waals surface area contributed by atoms with Gasteiger partial charge in [0.25, 0.3) is 0 Å². The highest BCUT2D eigenvalue weighted by atomic mass is 79.9. The molecule has 0 aromatic heterocycles. The number of halogens is 2. The van der Waals surface area contributed by atoms with E-state index in [0.717, 1.165) is 4.47 Å². The van der Waals surface area contributed by atoms with Gasteiger partial charge < -0.3 is 9.57 Å². The number of benzene rings is 1. The lowest BCUT2D eigenvalue weighted by molar-refractivity contribution is -0.131. The van der Waals surface area contributed by atoms with Gasteiger partial charge in [-0.2, -0.15) is 0 Å². The highest BCUT2D eigenvalue weighted by Gasteiger charge is 2.11. The van der Waals surface area contributed by atoms with Crippen LogP contribution in [0.25, 0.3) is 0 Å². The molecule has 1 aromatic rings. The van der Waals surface area contributed by atoms with E-state index in [9.17, 15) is 4.79 Å². The van der Waals surface area contributed by atoms with Crippen LogP contribution < -0.4 is 4.74 Å². The van der Waals surface area contributed by atoms with Crippen LogP contribution in [0.1, 0.15) is 12.5 Å². The standard InChI is InChI=1S/C10H9BrClNO3/c1-6(14)16-9-4-3-7(11)5-8(9)10(12)13-15-2/h3-5H,1-2H3/b13-10-. The molecule has 0 amide bonds. The summed E-state index contributed by atoms with van der Waals surface area (Å²) in [6.07, 6.45) is 0. The Hall–Kier alpha value is -1.07. The van der Waals surface area contributed by atoms with Crippen LogP contribution >= 0.6 is 27.5 Å². The quantitative estimate of drug-likeness (QED) is 0.373. The Balaban J connectivity index is 3.17. The topological polar surface area (TPSA) is 47.9 Å². The Kier molecular flexibility index (Phi) is 4.76. The van der Waals surface area contributed by atoms with Crippen LogP contribution in [0.3, 0.4) is 0 Å². The normalized spacial score (nSPS) is 11.1. The largest absolute Gasteiger partial charge is 0.426 e. The van der Waals surface area contributed by atoms with Gasteiger partial charge in [0.1, 0.15) is 12.9 Å². The Morgan fingerprint density at radius 3 is 2.75 bits per heavy atom. The van der Waals surface area contributed by atoms with Gasteiger partial charge in [0.15, 0.2) is 5.17 Å². The average molecular weight is 307 g/mol. The zero-order valence-electron chi connectivity index (χ0n) is 8.66. The fraction of sp³-hybridized carbons (Fsp3) is 0.200. The van der Waals surface area contributed by atoms with Gasteiger partial charge in [0.2, 0.25) is 0 Å². The van der Waals surface area contributed by atoms with Crippen molar-refractivity contribution in [2.75, 3.05) is 7.11 Å². The lowest BCUT2D eigenvalue weighted by Gasteiger charge is -2.07. The fourth-order valence-corrected chi connectivity index (χ4v) is 1.61. The molecule has 4 nitrogen and oxygen atoms in total. The molecule has 0 atom stereocenters. The van der Waals surface area contributed by atoms with Crippen molar-refractivity contribution in [3.05, 3.63) is 28.2 Å². The summed E-state index contributed by atoms with van der Waals surface area (Å²) >= 11 is 9.17. The molecule has 1 aromatic carbocycles. The van der Waals surface area contributed by atoms with Crippen LogP contribution in [-0.4, -0.2) is 18.2 Å². The monoisotopic (exact) mass is 305 g/mol. The molecular formula is C10H9BrClNO3. The minimum absolute atomic E-state index is 0.111. The molecule has 0 spiro atoms. The highest BCUT2D eigenvalue weighted by molar-refractivity contribution is 9.10. The number of carbonyl (C=O) groups excluding carboxylic acids is 1. The summed E-state index contributed by atoms with van der Waals surface area (Å²) in [6.45, 7) is 1.31. The third-order valence-electron chi connectivity index (χ3n) is 1.59. The zero-order chi connectivity index (χ0) is 12.1. The highest BCUT2D eigenvalue weighted by Crippen LogP contribution is 2.25. The van der Waals surface area contributed by atoms with E-state index in [1.54, 1.807) is 18.2 Å². The van der Waals surface area contributed by atoms with Gasteiger partial charge in [-0.05, 0) is 18.2 Å². The summed E-state index contributed by atoms with van der Waals surface area (Å²) in [5.41, 5.74) is 0.480. The predicted octanol–water partition coefficient (Wildman–Crippen LogP) is 2.92. The number of esters is 1. The van der Waals surface area contributed by atoms with Gasteiger partial charge in [-0.25, -0.2) is 0 Å². The van der Waals surface area contributed by atoms with Crippen LogP contribution in [-0.2, 0) is 9.63 Å². The summed E-state index contributed by atoms with van der Waals surface area (Å²) in [7, 11) is 1.38. The summed E-state index contributed by atoms with van der Waals surface area (Å²) in [4.78, 5) is 15.4. The fourth-order valence-electron chi connectivity index (χ4n) is 1.04. The molecule has 0 bridgehead atoms. The molecule has 0 aliphatic rings. The first kappa shape index (κ1) is 13.0. The van der Waals surface area contributed by atoms with E-state index in [2.05, 4.69) is 25.9 Å². The molecule has 1 rings (SSSR count). The Bertz CT molecular complexity index is 434. The maximum Gasteiger partial charge on any atom is 0.308 e. The lowest BCUT2D eigenvalue weighted by Crippen LogP contribution is -2.05. The molecule has 0 heterocycles. The first-order chi connectivity index (χ1) is 7.54. The third kappa shape index (κ3) is 3.50. The smallest absolute Gasteiger partial charge is 0.308 e. The van der Waals surface area contributed by atoms with Crippen molar-refractivity contribution in [2.24, 2.45) is 5.16 Å². The molecule has 6 heteroatoms. The molecule has 0 aliphatic heterocycles. The van der Waals surface area contributed by atoms with Crippen molar-refractivity contribution in [1.29, 1.82) is 0 Å². The Morgan fingerprint density at radius 1 is 1.50 bits per heavy atom. The number of ether oxygens (including phenoxy) is 1. The molecule has 0 N–H and O–H groups in total. The summed E-state index contributed by atoms with van der Waals surface area (Å²) in [5, 5.41) is 3.68. The van der Waals surface area contributed by atoms with Gasteiger partial charge in [0, 0.05) is 11.4 Å². The molecule has 0 unspecified atom stereocenters. The number of rotatable bonds is 3. The number of hydrogen-bond donors (Lipinski definition) is 0. The predicted molar refractivity (Wildman–Crippen MR) is 64.9 cm³/mol. The number of nitrogens with zero attached hydrogens (tertiary/aromatic N) is 1. The van der Waals surface area contributed by atoms with Gasteiger partial charge in [-0.3, -0.25) is 4.79 Å². The van der Waals surface area contributed by atoms with Crippen molar-refractivity contribution < 1.29 is 14.4 Å². The Morgan fingerprint density at radius 2 is 2.19 bits per heavy atom. The third-order valence-corrected chi connectivity index (χ3v) is 2.35. The van der Waals surface area contributed by atoms with E-state index in [1.165, 1.54) is 14.0 Å². The van der Waals surface area contributed by atoms with Crippen LogP contribution in [0.2, 0.25) is 0 Å². The maximum absolute atomic E-state index is 10.9. The second-order valence-electron chi connectivity index (χ2n) is 2.80. The molecule has 86 valence electrons. The first-order valence-corrected chi connectivity index (χ1v) is 5.46. The summed E-state index contributed by atoms with van der Waals surface area (Å²) < 4.78 is 5.78. The SMILES string of the molecule is CO/N=C(\Cl)c1cc(Br)ccc1OC(C)=O. The minimum atomic E-state index is -0.426. The van der Waals surface area contributed by atoms with E-state index in [-0.39, 0.29) is 5.17 Å². The van der Waals surface area contributed by atoms with Gasteiger partial charge in [-0.15, -0.1) is 0 Å². The maximum atomic E-state index is 10.9. The molecule has 16 heavy (non-hydrogen) atoms. The van der Waals surface area contributed by atoms with Crippen molar-refractivity contribution in [3.8, 4) is 5.75 Å². The molecule has 0 aliphatic carbocycles. The summed E-state index contributed by atoms with van der Waals surface area (Å²) in [5.74, 6) is -0.0908. The first-order valence-electron chi connectivity index (χ1n) is 4.29. The van der Waals surface area contributed by atoms with Crippen molar-refractivity contribution in [2.45, 2.75) is 6.92 Å². The zero-order valence-corrected chi connectivity index (χ0v) is 11.0. The summed E-state index contributed by atoms with van der Waals surface area (Å²) in [6, 6.07) is 5.04. The molecule has 0 saturated carbocycles. The van der Waals surface area contributed by atoms with Crippen molar-refractivity contribution in [3.63, 3.8) is 0 Å². The average Bonchev–Trinajstić information content (AvgIpc) is 2.20. The van der Waals surface area contributed by atoms with Crippen LogP contribution in [0.4, 0.5) is 0 Å². The van der Waals surface area contributed by atoms with Gasteiger partial charge in [-0.1, -0.05) is 32.7 Å². The number of hydrogen-bond acceptors (Lipinski definition) is 4. The molecular weight excluding hydrogens is 297 g/mol. The van der Waals surface area contributed by atoms with E-state index in [4.69, 9.17) is 16.3 Å². The Labute approximate surface area is 106 Å². The van der Waals surface area contributed by atoms with Gasteiger partial charge >= 0.3 is 5.97 Å². The minimum Gasteiger partial charge on any atom is -0.426 e. The van der Waals surface area contributed by atoms with Crippen molar-refractivity contribution in [1.82, 2.24) is 0 Å².